The molecule has 3 nitrogen and oxygen atoms in total. The van der Waals surface area contributed by atoms with Crippen molar-refractivity contribution < 1.29 is 4.79 Å². The van der Waals surface area contributed by atoms with Crippen molar-refractivity contribution in [2.45, 2.75) is 13.3 Å². The molecule has 0 saturated heterocycles. The molecule has 0 saturated carbocycles. The lowest BCUT2D eigenvalue weighted by atomic mass is 10.2. The van der Waals surface area contributed by atoms with E-state index in [1.807, 2.05) is 12.3 Å². The van der Waals surface area contributed by atoms with Gasteiger partial charge in [-0.15, -0.1) is 0 Å². The first kappa shape index (κ1) is 11.3. The normalized spacial score (nSPS) is 11.8. The fourth-order valence-corrected chi connectivity index (χ4v) is 1.07. The third-order valence-electron chi connectivity index (χ3n) is 1.41. The van der Waals surface area contributed by atoms with Crippen molar-refractivity contribution in [2.24, 2.45) is 5.92 Å². The lowest BCUT2D eigenvalue weighted by Gasteiger charge is -2.04. The number of hydrogen-bond acceptors (Lipinski definition) is 3. The molecule has 0 heterocycles. The number of rotatable bonds is 5. The van der Waals surface area contributed by atoms with Gasteiger partial charge in [0.15, 0.2) is 0 Å². The van der Waals surface area contributed by atoms with Gasteiger partial charge in [0.1, 0.15) is 5.92 Å². The highest BCUT2D eigenvalue weighted by Crippen LogP contribution is 1.95. The van der Waals surface area contributed by atoms with Crippen LogP contribution in [0.5, 0.6) is 0 Å². The van der Waals surface area contributed by atoms with Gasteiger partial charge >= 0.3 is 0 Å². The van der Waals surface area contributed by atoms with Crippen LogP contribution < -0.4 is 5.32 Å². The Kier molecular flexibility index (Phi) is 6.58. The first-order valence-corrected chi connectivity index (χ1v) is 5.28. The molecule has 0 radical (unpaired) electrons. The van der Waals surface area contributed by atoms with Crippen molar-refractivity contribution >= 4 is 17.7 Å². The molecule has 1 atom stereocenters. The van der Waals surface area contributed by atoms with E-state index >= 15 is 0 Å². The van der Waals surface area contributed by atoms with Crippen LogP contribution in [0.1, 0.15) is 13.3 Å². The number of nitrogens with one attached hydrogen (secondary N) is 1. The summed E-state index contributed by atoms with van der Waals surface area (Å²) in [5.74, 6) is 0.346. The quantitative estimate of drug-likeness (QED) is 0.652. The summed E-state index contributed by atoms with van der Waals surface area (Å²) in [6.45, 7) is 2.27. The number of amides is 1. The summed E-state index contributed by atoms with van der Waals surface area (Å²) in [6.07, 6.45) is 2.99. The topological polar surface area (TPSA) is 52.9 Å². The van der Waals surface area contributed by atoms with E-state index in [1.54, 1.807) is 18.7 Å². The summed E-state index contributed by atoms with van der Waals surface area (Å²) in [7, 11) is 0. The molecule has 0 fully saturated rings. The molecule has 0 aromatic carbocycles. The molecule has 4 heteroatoms. The van der Waals surface area contributed by atoms with Crippen molar-refractivity contribution in [1.82, 2.24) is 5.32 Å². The van der Waals surface area contributed by atoms with Crippen LogP contribution in [0.4, 0.5) is 0 Å². The predicted molar refractivity (Wildman–Crippen MR) is 50.8 cm³/mol. The number of carbonyl (C=O) groups excluding carboxylic acids is 1. The van der Waals surface area contributed by atoms with Crippen LogP contribution in [-0.2, 0) is 4.79 Å². The maximum Gasteiger partial charge on any atom is 0.237 e. The minimum atomic E-state index is -0.528. The third-order valence-corrected chi connectivity index (χ3v) is 2.11. The smallest absolute Gasteiger partial charge is 0.237 e. The van der Waals surface area contributed by atoms with E-state index in [4.69, 9.17) is 5.26 Å². The highest BCUT2D eigenvalue weighted by molar-refractivity contribution is 7.98. The van der Waals surface area contributed by atoms with Crippen LogP contribution in [0.2, 0.25) is 0 Å². The van der Waals surface area contributed by atoms with E-state index < -0.39 is 5.92 Å². The van der Waals surface area contributed by atoms with Gasteiger partial charge in [0.25, 0.3) is 0 Å². The highest BCUT2D eigenvalue weighted by Gasteiger charge is 2.09. The second-order valence-electron chi connectivity index (χ2n) is 2.49. The van der Waals surface area contributed by atoms with Crippen LogP contribution in [-0.4, -0.2) is 24.5 Å². The van der Waals surface area contributed by atoms with Crippen molar-refractivity contribution in [3.8, 4) is 6.07 Å². The van der Waals surface area contributed by atoms with E-state index in [0.29, 0.717) is 6.54 Å². The molecule has 0 spiro atoms. The van der Waals surface area contributed by atoms with E-state index in [9.17, 15) is 4.79 Å². The Balaban J connectivity index is 3.39. The van der Waals surface area contributed by atoms with Gasteiger partial charge < -0.3 is 5.32 Å². The minimum absolute atomic E-state index is 0.168. The van der Waals surface area contributed by atoms with E-state index in [1.165, 1.54) is 0 Å². The Morgan fingerprint density at radius 2 is 2.42 bits per heavy atom. The molecule has 0 bridgehead atoms. The van der Waals surface area contributed by atoms with Gasteiger partial charge in [0, 0.05) is 6.54 Å². The molecule has 1 N–H and O–H groups in total. The number of thioether (sulfide) groups is 1. The van der Waals surface area contributed by atoms with Gasteiger partial charge in [-0.1, -0.05) is 0 Å². The summed E-state index contributed by atoms with van der Waals surface area (Å²) in [4.78, 5) is 11.0. The first-order valence-electron chi connectivity index (χ1n) is 3.88. The molecule has 0 rings (SSSR count). The number of hydrogen-bond donors (Lipinski definition) is 1. The molecular weight excluding hydrogens is 172 g/mol. The second-order valence-corrected chi connectivity index (χ2v) is 3.47. The Morgan fingerprint density at radius 3 is 2.92 bits per heavy atom. The zero-order valence-corrected chi connectivity index (χ0v) is 8.28. The average molecular weight is 186 g/mol. The Hall–Kier alpha value is -0.690. The monoisotopic (exact) mass is 186 g/mol. The van der Waals surface area contributed by atoms with Crippen LogP contribution >= 0.6 is 11.8 Å². The number of carbonyl (C=O) groups is 1. The van der Waals surface area contributed by atoms with Crippen LogP contribution in [0.25, 0.3) is 0 Å². The van der Waals surface area contributed by atoms with Crippen molar-refractivity contribution in [3.05, 3.63) is 0 Å². The summed E-state index contributed by atoms with van der Waals surface area (Å²) < 4.78 is 0. The second kappa shape index (κ2) is 6.99. The highest BCUT2D eigenvalue weighted by atomic mass is 32.2. The van der Waals surface area contributed by atoms with E-state index in [2.05, 4.69) is 5.32 Å². The van der Waals surface area contributed by atoms with Gasteiger partial charge in [-0.2, -0.15) is 17.0 Å². The maximum atomic E-state index is 11.0. The Labute approximate surface area is 77.5 Å². The summed E-state index contributed by atoms with van der Waals surface area (Å²) in [5.41, 5.74) is 0. The fraction of sp³-hybridized carbons (Fsp3) is 0.750. The number of nitriles is 1. The molecule has 1 unspecified atom stereocenters. The lowest BCUT2D eigenvalue weighted by Crippen LogP contribution is -2.29. The van der Waals surface area contributed by atoms with Crippen molar-refractivity contribution in [3.63, 3.8) is 0 Å². The fourth-order valence-electron chi connectivity index (χ4n) is 0.640. The minimum Gasteiger partial charge on any atom is -0.355 e. The largest absolute Gasteiger partial charge is 0.355 e. The zero-order valence-electron chi connectivity index (χ0n) is 7.46. The zero-order chi connectivity index (χ0) is 9.40. The SMILES string of the molecule is CSCCCNC(=O)C(C)C#N. The molecule has 0 aliphatic carbocycles. The summed E-state index contributed by atoms with van der Waals surface area (Å²) in [6, 6.07) is 1.89. The van der Waals surface area contributed by atoms with Gasteiger partial charge in [0.05, 0.1) is 6.07 Å². The molecule has 68 valence electrons. The average Bonchev–Trinajstić information content (AvgIpc) is 2.10. The van der Waals surface area contributed by atoms with E-state index in [-0.39, 0.29) is 5.91 Å². The maximum absolute atomic E-state index is 11.0. The standard InChI is InChI=1S/C8H14N2OS/c1-7(6-9)8(11)10-4-3-5-12-2/h7H,3-5H2,1-2H3,(H,10,11). The van der Waals surface area contributed by atoms with Crippen LogP contribution in [0, 0.1) is 17.2 Å². The lowest BCUT2D eigenvalue weighted by molar-refractivity contribution is -0.122. The molecular formula is C8H14N2OS. The first-order chi connectivity index (χ1) is 5.72. The molecule has 0 aromatic rings. The van der Waals surface area contributed by atoms with Gasteiger partial charge in [-0.25, -0.2) is 0 Å². The predicted octanol–water partition coefficient (Wildman–Crippen LogP) is 1.02. The Morgan fingerprint density at radius 1 is 1.75 bits per heavy atom. The molecule has 12 heavy (non-hydrogen) atoms. The summed E-state index contributed by atoms with van der Waals surface area (Å²) in [5, 5.41) is 11.1. The molecule has 0 aromatic heterocycles. The van der Waals surface area contributed by atoms with Crippen molar-refractivity contribution in [2.75, 3.05) is 18.6 Å². The molecule has 0 aliphatic heterocycles. The van der Waals surface area contributed by atoms with Crippen LogP contribution in [0.15, 0.2) is 0 Å². The van der Waals surface area contributed by atoms with Crippen molar-refractivity contribution in [1.29, 1.82) is 5.26 Å². The number of nitrogens with zero attached hydrogens (tertiary/aromatic N) is 1. The summed E-state index contributed by atoms with van der Waals surface area (Å²) >= 11 is 1.75. The third kappa shape index (κ3) is 5.03. The van der Waals surface area contributed by atoms with Gasteiger partial charge in [-0.05, 0) is 25.4 Å². The van der Waals surface area contributed by atoms with Gasteiger partial charge in [0.2, 0.25) is 5.91 Å². The van der Waals surface area contributed by atoms with Gasteiger partial charge in [-0.3, -0.25) is 4.79 Å². The van der Waals surface area contributed by atoms with E-state index in [0.717, 1.165) is 12.2 Å². The Bertz CT molecular complexity index is 176. The van der Waals surface area contributed by atoms with Crippen LogP contribution in [0.3, 0.4) is 0 Å². The molecule has 1 amide bonds. The molecule has 0 aliphatic rings.